The summed E-state index contributed by atoms with van der Waals surface area (Å²) >= 11 is 0. The molecule has 1 aromatic carbocycles. The van der Waals surface area contributed by atoms with E-state index < -0.39 is 24.1 Å². The minimum absolute atomic E-state index is 0.0890. The summed E-state index contributed by atoms with van der Waals surface area (Å²) < 4.78 is 39.2. The van der Waals surface area contributed by atoms with E-state index in [2.05, 4.69) is 4.98 Å². The summed E-state index contributed by atoms with van der Waals surface area (Å²) in [6.07, 6.45) is 0. The summed E-state index contributed by atoms with van der Waals surface area (Å²) in [5.74, 6) is -4.03. The average molecular weight is 215 g/mol. The van der Waals surface area contributed by atoms with Crippen molar-refractivity contribution < 1.29 is 18.3 Å². The van der Waals surface area contributed by atoms with Crippen LogP contribution in [0.5, 0.6) is 0 Å². The van der Waals surface area contributed by atoms with Crippen molar-refractivity contribution >= 4 is 10.9 Å². The molecule has 0 aliphatic carbocycles. The Kier molecular flexibility index (Phi) is 2.19. The van der Waals surface area contributed by atoms with Gasteiger partial charge in [-0.3, -0.25) is 0 Å². The second-order valence-electron chi connectivity index (χ2n) is 3.30. The topological polar surface area (TPSA) is 36.0 Å². The zero-order valence-corrected chi connectivity index (χ0v) is 7.87. The number of aryl methyl sites for hydroxylation is 1. The molecule has 0 spiro atoms. The first-order valence-corrected chi connectivity index (χ1v) is 4.31. The van der Waals surface area contributed by atoms with E-state index in [4.69, 9.17) is 5.11 Å². The first kappa shape index (κ1) is 10.0. The smallest absolute Gasteiger partial charge is 0.195 e. The zero-order chi connectivity index (χ0) is 11.2. The maximum atomic E-state index is 13.4. The third-order valence-electron chi connectivity index (χ3n) is 2.40. The van der Waals surface area contributed by atoms with E-state index in [1.165, 1.54) is 0 Å². The Bertz CT molecular complexity index is 533. The van der Waals surface area contributed by atoms with Crippen molar-refractivity contribution in [2.24, 2.45) is 0 Å². The van der Waals surface area contributed by atoms with Crippen LogP contribution in [-0.4, -0.2) is 10.1 Å². The highest BCUT2D eigenvalue weighted by atomic mass is 19.2. The molecular formula is C10H8F3NO. The zero-order valence-electron chi connectivity index (χ0n) is 7.87. The van der Waals surface area contributed by atoms with Crippen LogP contribution in [0.25, 0.3) is 10.9 Å². The number of benzene rings is 1. The molecule has 0 atom stereocenters. The van der Waals surface area contributed by atoms with Crippen LogP contribution in [0.2, 0.25) is 0 Å². The fraction of sp³-hybridized carbons (Fsp3) is 0.200. The molecule has 0 unspecified atom stereocenters. The van der Waals surface area contributed by atoms with E-state index >= 15 is 0 Å². The molecule has 0 saturated carbocycles. The van der Waals surface area contributed by atoms with Gasteiger partial charge in [0.2, 0.25) is 0 Å². The fourth-order valence-electron chi connectivity index (χ4n) is 1.65. The molecule has 0 aliphatic rings. The number of H-pyrrole nitrogens is 1. The lowest BCUT2D eigenvalue weighted by molar-refractivity contribution is 0.282. The van der Waals surface area contributed by atoms with E-state index in [-0.39, 0.29) is 16.5 Å². The Hall–Kier alpha value is -1.49. The van der Waals surface area contributed by atoms with E-state index in [1.54, 1.807) is 6.92 Å². The van der Waals surface area contributed by atoms with Crippen LogP contribution in [-0.2, 0) is 6.61 Å². The number of hydrogen-bond donors (Lipinski definition) is 2. The number of fused-ring (bicyclic) bond motifs is 1. The predicted octanol–water partition coefficient (Wildman–Crippen LogP) is 2.39. The van der Waals surface area contributed by atoms with Gasteiger partial charge in [0.1, 0.15) is 0 Å². The molecule has 15 heavy (non-hydrogen) atoms. The van der Waals surface area contributed by atoms with Crippen molar-refractivity contribution in [3.63, 3.8) is 0 Å². The Labute approximate surface area is 83.3 Å². The molecule has 5 heteroatoms. The minimum atomic E-state index is -1.52. The number of aliphatic hydroxyl groups excluding tert-OH is 1. The summed E-state index contributed by atoms with van der Waals surface area (Å²) in [6, 6.07) is 0.875. The summed E-state index contributed by atoms with van der Waals surface area (Å²) in [5.41, 5.74) is 0.894. The molecule has 0 saturated heterocycles. The number of aliphatic hydroxyl groups is 1. The summed E-state index contributed by atoms with van der Waals surface area (Å²) in [7, 11) is 0. The summed E-state index contributed by atoms with van der Waals surface area (Å²) in [5, 5.41) is 8.90. The molecule has 2 rings (SSSR count). The Morgan fingerprint density at radius 1 is 1.27 bits per heavy atom. The highest BCUT2D eigenvalue weighted by molar-refractivity contribution is 5.85. The number of rotatable bonds is 1. The first-order valence-electron chi connectivity index (χ1n) is 4.31. The molecule has 80 valence electrons. The molecule has 0 amide bonds. The van der Waals surface area contributed by atoms with Gasteiger partial charge in [0.25, 0.3) is 0 Å². The molecule has 1 aromatic heterocycles. The monoisotopic (exact) mass is 215 g/mol. The second kappa shape index (κ2) is 3.27. The lowest BCUT2D eigenvalue weighted by Crippen LogP contribution is -1.93. The van der Waals surface area contributed by atoms with E-state index in [9.17, 15) is 13.2 Å². The number of aromatic amines is 1. The van der Waals surface area contributed by atoms with Gasteiger partial charge in [-0.05, 0) is 6.92 Å². The van der Waals surface area contributed by atoms with Crippen LogP contribution in [0, 0.1) is 24.4 Å². The van der Waals surface area contributed by atoms with Crippen molar-refractivity contribution in [1.29, 1.82) is 0 Å². The number of nitrogens with one attached hydrogen (secondary N) is 1. The van der Waals surface area contributed by atoms with E-state index in [0.29, 0.717) is 5.69 Å². The Morgan fingerprint density at radius 3 is 2.53 bits per heavy atom. The van der Waals surface area contributed by atoms with Gasteiger partial charge in [-0.25, -0.2) is 13.2 Å². The Balaban J connectivity index is 2.93. The van der Waals surface area contributed by atoms with Gasteiger partial charge < -0.3 is 10.1 Å². The lowest BCUT2D eigenvalue weighted by atomic mass is 10.1. The maximum absolute atomic E-state index is 13.4. The van der Waals surface area contributed by atoms with Crippen LogP contribution in [0.1, 0.15) is 11.3 Å². The molecule has 0 bridgehead atoms. The third-order valence-corrected chi connectivity index (χ3v) is 2.40. The van der Waals surface area contributed by atoms with Crippen molar-refractivity contribution in [2.75, 3.05) is 0 Å². The number of halogens is 3. The SMILES string of the molecule is Cc1[nH]c2cc(F)c(F)c(F)c2c1CO. The van der Waals surface area contributed by atoms with Gasteiger partial charge in [0.05, 0.1) is 12.1 Å². The normalized spacial score (nSPS) is 11.3. The number of hydrogen-bond acceptors (Lipinski definition) is 1. The molecule has 2 aromatic rings. The van der Waals surface area contributed by atoms with Crippen molar-refractivity contribution in [1.82, 2.24) is 4.98 Å². The van der Waals surface area contributed by atoms with Gasteiger partial charge in [-0.1, -0.05) is 0 Å². The quantitative estimate of drug-likeness (QED) is 0.704. The van der Waals surface area contributed by atoms with Gasteiger partial charge in [-0.15, -0.1) is 0 Å². The fourth-order valence-corrected chi connectivity index (χ4v) is 1.65. The molecule has 0 fully saturated rings. The highest BCUT2D eigenvalue weighted by Crippen LogP contribution is 2.28. The average Bonchev–Trinajstić information content (AvgIpc) is 2.50. The second-order valence-corrected chi connectivity index (χ2v) is 3.30. The largest absolute Gasteiger partial charge is 0.392 e. The summed E-state index contributed by atoms with van der Waals surface area (Å²) in [6.45, 7) is 1.18. The van der Waals surface area contributed by atoms with Crippen LogP contribution in [0.3, 0.4) is 0 Å². The molecular weight excluding hydrogens is 207 g/mol. The van der Waals surface area contributed by atoms with Crippen molar-refractivity contribution in [3.05, 3.63) is 34.8 Å². The minimum Gasteiger partial charge on any atom is -0.392 e. The van der Waals surface area contributed by atoms with Crippen LogP contribution < -0.4 is 0 Å². The highest BCUT2D eigenvalue weighted by Gasteiger charge is 2.18. The summed E-state index contributed by atoms with van der Waals surface area (Å²) in [4.78, 5) is 2.68. The van der Waals surface area contributed by atoms with Gasteiger partial charge in [0.15, 0.2) is 17.5 Å². The molecule has 0 aliphatic heterocycles. The first-order chi connectivity index (χ1) is 7.06. The number of aromatic nitrogens is 1. The van der Waals surface area contributed by atoms with Gasteiger partial charge in [0, 0.05) is 22.7 Å². The van der Waals surface area contributed by atoms with Crippen molar-refractivity contribution in [3.8, 4) is 0 Å². The van der Waals surface area contributed by atoms with Gasteiger partial charge in [-0.2, -0.15) is 0 Å². The van der Waals surface area contributed by atoms with Crippen LogP contribution >= 0.6 is 0 Å². The standard InChI is InChI=1S/C10H8F3NO/c1-4-5(3-15)8-7(14-4)2-6(11)9(12)10(8)13/h2,14-15H,3H2,1H3. The van der Waals surface area contributed by atoms with E-state index in [0.717, 1.165) is 6.07 Å². The van der Waals surface area contributed by atoms with E-state index in [1.807, 2.05) is 0 Å². The lowest BCUT2D eigenvalue weighted by Gasteiger charge is -1.99. The maximum Gasteiger partial charge on any atom is 0.195 e. The predicted molar refractivity (Wildman–Crippen MR) is 48.8 cm³/mol. The molecule has 1 heterocycles. The van der Waals surface area contributed by atoms with Crippen molar-refractivity contribution in [2.45, 2.75) is 13.5 Å². The third kappa shape index (κ3) is 1.31. The van der Waals surface area contributed by atoms with Gasteiger partial charge >= 0.3 is 0 Å². The van der Waals surface area contributed by atoms with Crippen LogP contribution in [0.15, 0.2) is 6.07 Å². The molecule has 2 nitrogen and oxygen atoms in total. The molecule has 0 radical (unpaired) electrons. The molecule has 2 N–H and O–H groups in total. The Morgan fingerprint density at radius 2 is 1.93 bits per heavy atom. The van der Waals surface area contributed by atoms with Crippen LogP contribution in [0.4, 0.5) is 13.2 Å².